The van der Waals surface area contributed by atoms with Crippen LogP contribution >= 0.6 is 11.0 Å². The molecule has 1 aromatic carbocycles. The molecule has 16 heavy (non-hydrogen) atoms. The van der Waals surface area contributed by atoms with Crippen molar-refractivity contribution in [2.75, 3.05) is 10.8 Å². The van der Waals surface area contributed by atoms with E-state index in [-0.39, 0.29) is 23.7 Å². The summed E-state index contributed by atoms with van der Waals surface area (Å²) >= 11 is 0. The largest absolute Gasteiger partial charge is 0.508 e. The number of aliphatic hydroxyl groups excluding tert-OH is 1. The van der Waals surface area contributed by atoms with Crippen LogP contribution in [0.15, 0.2) is 18.2 Å². The lowest BCUT2D eigenvalue weighted by Crippen LogP contribution is -2.25. The molecule has 1 fully saturated rings. The normalized spacial score (nSPS) is 25.7. The first-order chi connectivity index (χ1) is 7.40. The topological polar surface area (TPSA) is 116 Å². The average molecular weight is 248 g/mol. The van der Waals surface area contributed by atoms with Crippen molar-refractivity contribution in [1.29, 1.82) is 0 Å². The number of nitrogens with one attached hydrogen (secondary N) is 1. The van der Waals surface area contributed by atoms with E-state index in [1.165, 1.54) is 12.1 Å². The molecule has 1 heterocycles. The molecule has 1 atom stereocenters. The number of phenols is 2. The molecule has 90 valence electrons. The van der Waals surface area contributed by atoms with Gasteiger partial charge in [0.1, 0.15) is 23.4 Å². The molecule has 2 rings (SSSR count). The Morgan fingerprint density at radius 1 is 1.31 bits per heavy atom. The standard InChI is InChI=1S/C8H12N2O5S/c11-5-1-2-6(7(12)3-5)10-4-8(13)9-16(10,14)15/h1-3,8-9,11-15H,4H2. The van der Waals surface area contributed by atoms with Crippen LogP contribution < -0.4 is 9.03 Å². The number of hydrogen-bond acceptors (Lipinski definition) is 7. The summed E-state index contributed by atoms with van der Waals surface area (Å²) < 4.78 is 22.4. The number of phenolic OH excluding ortho intramolecular Hbond substituents is 2. The minimum atomic E-state index is -3.33. The van der Waals surface area contributed by atoms with Crippen molar-refractivity contribution in [3.63, 3.8) is 0 Å². The molecule has 7 nitrogen and oxygen atoms in total. The van der Waals surface area contributed by atoms with Gasteiger partial charge in [0.25, 0.3) is 0 Å². The van der Waals surface area contributed by atoms with Crippen LogP contribution in [0.5, 0.6) is 11.5 Å². The van der Waals surface area contributed by atoms with Gasteiger partial charge in [-0.05, 0) is 12.1 Å². The van der Waals surface area contributed by atoms with Gasteiger partial charge in [-0.2, -0.15) is 4.72 Å². The van der Waals surface area contributed by atoms with E-state index in [0.29, 0.717) is 0 Å². The number of benzene rings is 1. The lowest BCUT2D eigenvalue weighted by Gasteiger charge is -2.36. The summed E-state index contributed by atoms with van der Waals surface area (Å²) in [6.07, 6.45) is -1.08. The van der Waals surface area contributed by atoms with Crippen molar-refractivity contribution in [2.45, 2.75) is 6.23 Å². The van der Waals surface area contributed by atoms with E-state index in [0.717, 1.165) is 10.4 Å². The van der Waals surface area contributed by atoms with Crippen LogP contribution in [0.4, 0.5) is 5.69 Å². The minimum absolute atomic E-state index is 0.0688. The van der Waals surface area contributed by atoms with E-state index in [1.807, 2.05) is 0 Å². The second kappa shape index (κ2) is 3.68. The van der Waals surface area contributed by atoms with Crippen LogP contribution in [0.3, 0.4) is 0 Å². The molecule has 1 unspecified atom stereocenters. The highest BCUT2D eigenvalue weighted by Crippen LogP contribution is 2.49. The lowest BCUT2D eigenvalue weighted by molar-refractivity contribution is 0.182. The Morgan fingerprint density at radius 3 is 2.50 bits per heavy atom. The Balaban J connectivity index is 2.37. The summed E-state index contributed by atoms with van der Waals surface area (Å²) in [6, 6.07) is 3.71. The van der Waals surface area contributed by atoms with E-state index in [4.69, 9.17) is 5.11 Å². The molecule has 6 N–H and O–H groups in total. The predicted octanol–water partition coefficient (Wildman–Crippen LogP) is 0.406. The molecular formula is C8H12N2O5S. The van der Waals surface area contributed by atoms with Gasteiger partial charge in [0.2, 0.25) is 0 Å². The molecule has 0 aromatic heterocycles. The van der Waals surface area contributed by atoms with Crippen LogP contribution in [0.1, 0.15) is 0 Å². The van der Waals surface area contributed by atoms with Gasteiger partial charge in [0.05, 0.1) is 6.54 Å². The summed E-state index contributed by atoms with van der Waals surface area (Å²) in [5.74, 6) is -0.429. The Morgan fingerprint density at radius 2 is 2.00 bits per heavy atom. The van der Waals surface area contributed by atoms with Gasteiger partial charge < -0.3 is 15.3 Å². The molecule has 1 saturated heterocycles. The van der Waals surface area contributed by atoms with Crippen LogP contribution in [0, 0.1) is 0 Å². The number of hydrogen-bond donors (Lipinski definition) is 6. The van der Waals surface area contributed by atoms with Crippen molar-refractivity contribution in [3.05, 3.63) is 18.2 Å². The minimum Gasteiger partial charge on any atom is -0.508 e. The molecule has 1 aliphatic heterocycles. The Labute approximate surface area is 93.2 Å². The van der Waals surface area contributed by atoms with Gasteiger partial charge in [-0.15, -0.1) is 0 Å². The molecule has 0 amide bonds. The van der Waals surface area contributed by atoms with Crippen LogP contribution in [0.25, 0.3) is 0 Å². The van der Waals surface area contributed by atoms with E-state index in [2.05, 4.69) is 4.72 Å². The second-order valence-corrected chi connectivity index (χ2v) is 5.10. The van der Waals surface area contributed by atoms with Gasteiger partial charge in [-0.1, -0.05) is 11.0 Å². The molecular weight excluding hydrogens is 236 g/mol. The number of aliphatic hydroxyl groups is 1. The number of nitrogens with zero attached hydrogens (tertiary/aromatic N) is 1. The molecule has 0 bridgehead atoms. The fourth-order valence-electron chi connectivity index (χ4n) is 1.50. The summed E-state index contributed by atoms with van der Waals surface area (Å²) in [5, 5.41) is 27.9. The number of rotatable bonds is 1. The molecule has 0 saturated carbocycles. The molecule has 0 aliphatic carbocycles. The summed E-state index contributed by atoms with van der Waals surface area (Å²) in [5.41, 5.74) is 0.127. The van der Waals surface area contributed by atoms with E-state index >= 15 is 0 Å². The monoisotopic (exact) mass is 248 g/mol. The molecule has 0 radical (unpaired) electrons. The van der Waals surface area contributed by atoms with Crippen molar-refractivity contribution >= 4 is 16.6 Å². The highest BCUT2D eigenvalue weighted by molar-refractivity contribution is 8.24. The Bertz CT molecular complexity index is 413. The summed E-state index contributed by atoms with van der Waals surface area (Å²) in [4.78, 5) is 0. The SMILES string of the molecule is Oc1ccc(N2CC(O)NS2(O)O)c(O)c1. The number of aromatic hydroxyl groups is 2. The van der Waals surface area contributed by atoms with E-state index in [9.17, 15) is 19.3 Å². The van der Waals surface area contributed by atoms with Gasteiger partial charge in [-0.3, -0.25) is 13.4 Å². The number of anilines is 1. The van der Waals surface area contributed by atoms with Crippen molar-refractivity contribution in [2.24, 2.45) is 0 Å². The summed E-state index contributed by atoms with van der Waals surface area (Å²) in [6.45, 7) is -0.0688. The smallest absolute Gasteiger partial charge is 0.144 e. The third-order valence-corrected chi connectivity index (χ3v) is 3.72. The zero-order chi connectivity index (χ0) is 11.9. The van der Waals surface area contributed by atoms with Gasteiger partial charge in [-0.25, -0.2) is 0 Å². The third-order valence-electron chi connectivity index (χ3n) is 2.17. The maximum Gasteiger partial charge on any atom is 0.144 e. The predicted molar refractivity (Wildman–Crippen MR) is 59.1 cm³/mol. The van der Waals surface area contributed by atoms with E-state index < -0.39 is 17.2 Å². The van der Waals surface area contributed by atoms with Crippen molar-refractivity contribution < 1.29 is 24.4 Å². The highest BCUT2D eigenvalue weighted by atomic mass is 32.3. The Kier molecular flexibility index (Phi) is 2.60. The van der Waals surface area contributed by atoms with Gasteiger partial charge in [0.15, 0.2) is 0 Å². The van der Waals surface area contributed by atoms with Gasteiger partial charge >= 0.3 is 0 Å². The van der Waals surface area contributed by atoms with Crippen molar-refractivity contribution in [1.82, 2.24) is 4.72 Å². The Hall–Kier alpha value is -1.19. The quantitative estimate of drug-likeness (QED) is 0.426. The number of β-amino-alcohol motifs (C(OH)–C–C–N with tert-alkyl or cyclic N) is 1. The summed E-state index contributed by atoms with van der Waals surface area (Å²) in [7, 11) is -3.33. The third kappa shape index (κ3) is 1.88. The first kappa shape index (κ1) is 11.3. The molecule has 8 heteroatoms. The van der Waals surface area contributed by atoms with Crippen LogP contribution in [0.2, 0.25) is 0 Å². The molecule has 1 aliphatic rings. The maximum atomic E-state index is 9.59. The van der Waals surface area contributed by atoms with Crippen molar-refractivity contribution in [3.8, 4) is 11.5 Å². The fourth-order valence-corrected chi connectivity index (χ4v) is 2.85. The zero-order valence-corrected chi connectivity index (χ0v) is 8.92. The second-order valence-electron chi connectivity index (χ2n) is 3.39. The van der Waals surface area contributed by atoms with Crippen LogP contribution in [-0.2, 0) is 0 Å². The zero-order valence-electron chi connectivity index (χ0n) is 8.11. The lowest BCUT2D eigenvalue weighted by atomic mass is 10.2. The maximum absolute atomic E-state index is 9.59. The van der Waals surface area contributed by atoms with Gasteiger partial charge in [0, 0.05) is 6.07 Å². The fraction of sp³-hybridized carbons (Fsp3) is 0.250. The molecule has 1 aromatic rings. The first-order valence-corrected chi connectivity index (χ1v) is 5.94. The average Bonchev–Trinajstić information content (AvgIpc) is 2.39. The van der Waals surface area contributed by atoms with E-state index in [1.54, 1.807) is 0 Å². The van der Waals surface area contributed by atoms with Crippen LogP contribution in [-0.4, -0.2) is 37.2 Å². The highest BCUT2D eigenvalue weighted by Gasteiger charge is 2.36. The molecule has 0 spiro atoms. The first-order valence-electron chi connectivity index (χ1n) is 4.43.